The Kier molecular flexibility index (Phi) is 4.58. The maximum absolute atomic E-state index is 5.77. The van der Waals surface area contributed by atoms with Crippen LogP contribution in [0.4, 0.5) is 0 Å². The molecule has 0 saturated heterocycles. The van der Waals surface area contributed by atoms with Crippen molar-refractivity contribution in [3.8, 4) is 11.5 Å². The van der Waals surface area contributed by atoms with E-state index in [4.69, 9.17) is 22.7 Å². The largest absolute Gasteiger partial charge is 0.456 e. The topological polar surface area (TPSA) is 48.1 Å². The highest BCUT2D eigenvalue weighted by Crippen LogP contribution is 2.29. The molecule has 0 bridgehead atoms. The van der Waals surface area contributed by atoms with Gasteiger partial charge in [0.1, 0.15) is 16.5 Å². The minimum atomic E-state index is 0.179. The molecule has 0 aliphatic carbocycles. The lowest BCUT2D eigenvalue weighted by Crippen LogP contribution is -2.14. The fourth-order valence-electron chi connectivity index (χ4n) is 1.90. The quantitative estimate of drug-likeness (QED) is 0.841. The lowest BCUT2D eigenvalue weighted by atomic mass is 9.82. The average molecular weight is 300 g/mol. The molecule has 0 aliphatic rings. The van der Waals surface area contributed by atoms with Crippen LogP contribution in [0, 0.1) is 0 Å². The molecule has 0 unspecified atom stereocenters. The molecule has 0 radical (unpaired) electrons. The number of hydrogen-bond donors (Lipinski definition) is 1. The molecule has 1 aromatic carbocycles. The van der Waals surface area contributed by atoms with Gasteiger partial charge in [-0.15, -0.1) is 0 Å². The first-order valence-electron chi connectivity index (χ1n) is 6.96. The number of pyridine rings is 1. The van der Waals surface area contributed by atoms with Crippen LogP contribution < -0.4 is 10.5 Å². The molecular weight excluding hydrogens is 280 g/mol. The van der Waals surface area contributed by atoms with Gasteiger partial charge in [0.2, 0.25) is 0 Å². The highest BCUT2D eigenvalue weighted by molar-refractivity contribution is 7.80. The molecule has 2 rings (SSSR count). The van der Waals surface area contributed by atoms with Crippen LogP contribution in [0.2, 0.25) is 0 Å². The van der Waals surface area contributed by atoms with Crippen LogP contribution in [0.1, 0.15) is 38.4 Å². The number of rotatable bonds is 5. The zero-order valence-corrected chi connectivity index (χ0v) is 13.4. The summed E-state index contributed by atoms with van der Waals surface area (Å²) in [5, 5.41) is 0. The molecule has 0 atom stereocenters. The van der Waals surface area contributed by atoms with E-state index in [1.54, 1.807) is 12.3 Å². The maximum Gasteiger partial charge on any atom is 0.145 e. The first kappa shape index (κ1) is 15.4. The third kappa shape index (κ3) is 3.79. The van der Waals surface area contributed by atoms with E-state index in [2.05, 4.69) is 37.9 Å². The summed E-state index contributed by atoms with van der Waals surface area (Å²) in [5.41, 5.74) is 7.59. The molecular formula is C17H20N2OS. The van der Waals surface area contributed by atoms with Crippen molar-refractivity contribution in [2.24, 2.45) is 5.73 Å². The van der Waals surface area contributed by atoms with Crippen molar-refractivity contribution in [2.45, 2.75) is 32.6 Å². The molecule has 3 nitrogen and oxygen atoms in total. The van der Waals surface area contributed by atoms with Crippen molar-refractivity contribution >= 4 is 17.2 Å². The van der Waals surface area contributed by atoms with Gasteiger partial charge in [-0.3, -0.25) is 0 Å². The molecule has 0 spiro atoms. The van der Waals surface area contributed by atoms with Gasteiger partial charge < -0.3 is 10.5 Å². The number of ether oxygens (including phenoxy) is 1. The molecule has 4 heteroatoms. The number of benzene rings is 1. The lowest BCUT2D eigenvalue weighted by molar-refractivity contribution is 0.476. The fourth-order valence-corrected chi connectivity index (χ4v) is 2.02. The van der Waals surface area contributed by atoms with E-state index >= 15 is 0 Å². The predicted molar refractivity (Wildman–Crippen MR) is 90.0 cm³/mol. The zero-order chi connectivity index (χ0) is 15.5. The van der Waals surface area contributed by atoms with Gasteiger partial charge in [-0.2, -0.15) is 0 Å². The molecule has 1 heterocycles. The summed E-state index contributed by atoms with van der Waals surface area (Å²) in [5.74, 6) is 1.45. The lowest BCUT2D eigenvalue weighted by Gasteiger charge is -2.23. The fraction of sp³-hybridized carbons (Fsp3) is 0.294. The van der Waals surface area contributed by atoms with Crippen LogP contribution >= 0.6 is 12.2 Å². The smallest absolute Gasteiger partial charge is 0.145 e. The van der Waals surface area contributed by atoms with E-state index < -0.39 is 0 Å². The van der Waals surface area contributed by atoms with Crippen molar-refractivity contribution in [2.75, 3.05) is 0 Å². The first-order valence-corrected chi connectivity index (χ1v) is 7.37. The minimum Gasteiger partial charge on any atom is -0.456 e. The van der Waals surface area contributed by atoms with Crippen LogP contribution in [0.3, 0.4) is 0 Å². The van der Waals surface area contributed by atoms with Crippen LogP contribution in [-0.4, -0.2) is 9.97 Å². The van der Waals surface area contributed by atoms with E-state index in [-0.39, 0.29) is 10.4 Å². The molecule has 0 fully saturated rings. The standard InChI is InChI=1S/C17H20N2OS/c1-4-17(2,3)12-5-7-13(8-6-12)20-14-9-10-15(16(18)21)19-11-14/h5-11H,4H2,1-3H3,(H2,18,21). The van der Waals surface area contributed by atoms with E-state index in [0.717, 1.165) is 12.2 Å². The van der Waals surface area contributed by atoms with Crippen LogP contribution in [0.25, 0.3) is 0 Å². The molecule has 0 aliphatic heterocycles. The first-order chi connectivity index (χ1) is 9.92. The second-order valence-electron chi connectivity index (χ2n) is 5.61. The zero-order valence-electron chi connectivity index (χ0n) is 12.6. The maximum atomic E-state index is 5.77. The number of hydrogen-bond acceptors (Lipinski definition) is 3. The van der Waals surface area contributed by atoms with Gasteiger partial charge in [0, 0.05) is 0 Å². The third-order valence-electron chi connectivity index (χ3n) is 3.74. The Morgan fingerprint density at radius 3 is 2.24 bits per heavy atom. The van der Waals surface area contributed by atoms with E-state index in [1.807, 2.05) is 18.2 Å². The number of thiocarbonyl (C=S) groups is 1. The summed E-state index contributed by atoms with van der Waals surface area (Å²) < 4.78 is 5.77. The van der Waals surface area contributed by atoms with Gasteiger partial charge in [0.25, 0.3) is 0 Å². The highest BCUT2D eigenvalue weighted by atomic mass is 32.1. The Hall–Kier alpha value is -1.94. The summed E-state index contributed by atoms with van der Waals surface area (Å²) in [6.07, 6.45) is 2.72. The SMILES string of the molecule is CCC(C)(C)c1ccc(Oc2ccc(C(N)=S)nc2)cc1. The highest BCUT2D eigenvalue weighted by Gasteiger charge is 2.17. The van der Waals surface area contributed by atoms with E-state index in [1.165, 1.54) is 5.56 Å². The van der Waals surface area contributed by atoms with Gasteiger partial charge in [-0.1, -0.05) is 45.1 Å². The van der Waals surface area contributed by atoms with Crippen molar-refractivity contribution in [3.05, 3.63) is 53.9 Å². The minimum absolute atomic E-state index is 0.179. The number of aromatic nitrogens is 1. The van der Waals surface area contributed by atoms with Gasteiger partial charge in [0.05, 0.1) is 11.9 Å². The van der Waals surface area contributed by atoms with Gasteiger partial charge >= 0.3 is 0 Å². The molecule has 2 aromatic rings. The Balaban J connectivity index is 2.11. The Labute approximate surface area is 131 Å². The molecule has 21 heavy (non-hydrogen) atoms. The van der Waals surface area contributed by atoms with Gasteiger partial charge in [-0.05, 0) is 41.7 Å². The summed E-state index contributed by atoms with van der Waals surface area (Å²) in [7, 11) is 0. The van der Waals surface area contributed by atoms with Gasteiger partial charge in [-0.25, -0.2) is 4.98 Å². The molecule has 110 valence electrons. The molecule has 0 saturated carbocycles. The van der Waals surface area contributed by atoms with Crippen molar-refractivity contribution in [3.63, 3.8) is 0 Å². The van der Waals surface area contributed by atoms with Crippen molar-refractivity contribution in [1.29, 1.82) is 0 Å². The number of nitrogens with two attached hydrogens (primary N) is 1. The Morgan fingerprint density at radius 1 is 1.14 bits per heavy atom. The van der Waals surface area contributed by atoms with E-state index in [9.17, 15) is 0 Å². The van der Waals surface area contributed by atoms with Crippen molar-refractivity contribution in [1.82, 2.24) is 4.98 Å². The summed E-state index contributed by atoms with van der Waals surface area (Å²) in [6, 6.07) is 11.7. The summed E-state index contributed by atoms with van der Waals surface area (Å²) >= 11 is 4.87. The van der Waals surface area contributed by atoms with Crippen LogP contribution in [0.5, 0.6) is 11.5 Å². The Bertz CT molecular complexity index is 618. The second kappa shape index (κ2) is 6.22. The van der Waals surface area contributed by atoms with Crippen molar-refractivity contribution < 1.29 is 4.74 Å². The third-order valence-corrected chi connectivity index (χ3v) is 3.95. The average Bonchev–Trinajstić information content (AvgIpc) is 2.48. The van der Waals surface area contributed by atoms with Gasteiger partial charge in [0.15, 0.2) is 0 Å². The second-order valence-corrected chi connectivity index (χ2v) is 6.05. The molecule has 2 N–H and O–H groups in total. The summed E-state index contributed by atoms with van der Waals surface area (Å²) in [6.45, 7) is 6.67. The summed E-state index contributed by atoms with van der Waals surface area (Å²) in [4.78, 5) is 4.44. The van der Waals surface area contributed by atoms with E-state index in [0.29, 0.717) is 11.4 Å². The monoisotopic (exact) mass is 300 g/mol. The van der Waals surface area contributed by atoms with Crippen LogP contribution in [-0.2, 0) is 5.41 Å². The normalized spacial score (nSPS) is 11.2. The predicted octanol–water partition coefficient (Wildman–Crippen LogP) is 4.20. The Morgan fingerprint density at radius 2 is 1.76 bits per heavy atom. The number of nitrogens with zero attached hydrogens (tertiary/aromatic N) is 1. The van der Waals surface area contributed by atoms with Crippen LogP contribution in [0.15, 0.2) is 42.6 Å². The molecule has 0 amide bonds. The molecule has 1 aromatic heterocycles.